The molecule has 0 bridgehead atoms. The van der Waals surface area contributed by atoms with Crippen LogP contribution >= 0.6 is 0 Å². The van der Waals surface area contributed by atoms with Crippen LogP contribution in [0.1, 0.15) is 5.56 Å². The van der Waals surface area contributed by atoms with Crippen LogP contribution < -0.4 is 15.4 Å². The maximum Gasteiger partial charge on any atom is 0.411 e. The zero-order chi connectivity index (χ0) is 14.7. The van der Waals surface area contributed by atoms with Crippen molar-refractivity contribution in [1.29, 1.82) is 0 Å². The van der Waals surface area contributed by atoms with Crippen LogP contribution in [0.3, 0.4) is 0 Å². The predicted molar refractivity (Wildman–Crippen MR) is 76.3 cm³/mol. The molecule has 0 aliphatic carbocycles. The van der Waals surface area contributed by atoms with Crippen molar-refractivity contribution in [2.24, 2.45) is 0 Å². The van der Waals surface area contributed by atoms with E-state index in [2.05, 4.69) is 4.98 Å². The van der Waals surface area contributed by atoms with Gasteiger partial charge in [-0.1, -0.05) is 0 Å². The summed E-state index contributed by atoms with van der Waals surface area (Å²) in [4.78, 5) is 16.1. The molecule has 6 nitrogen and oxygen atoms in total. The SMILES string of the molecule is Cc1cc(N(C)C(=O)O)ccc1Oc1ccc(N)cn1. The lowest BCUT2D eigenvalue weighted by Gasteiger charge is -2.15. The van der Waals surface area contributed by atoms with E-state index in [9.17, 15) is 4.79 Å². The number of nitrogen functional groups attached to an aromatic ring is 1. The van der Waals surface area contributed by atoms with Gasteiger partial charge in [-0.3, -0.25) is 4.90 Å². The Balaban J connectivity index is 2.21. The fourth-order valence-electron chi connectivity index (χ4n) is 1.63. The van der Waals surface area contributed by atoms with Gasteiger partial charge in [0.1, 0.15) is 5.75 Å². The van der Waals surface area contributed by atoms with Gasteiger partial charge in [0.2, 0.25) is 5.88 Å². The van der Waals surface area contributed by atoms with Crippen molar-refractivity contribution in [1.82, 2.24) is 4.98 Å². The Morgan fingerprint density at radius 2 is 2.10 bits per heavy atom. The van der Waals surface area contributed by atoms with Crippen molar-refractivity contribution in [2.75, 3.05) is 17.7 Å². The number of pyridine rings is 1. The number of carbonyl (C=O) groups is 1. The average Bonchev–Trinajstić information content (AvgIpc) is 2.42. The molecule has 0 aliphatic rings. The first-order valence-corrected chi connectivity index (χ1v) is 5.94. The third-order valence-electron chi connectivity index (χ3n) is 2.81. The van der Waals surface area contributed by atoms with Gasteiger partial charge in [0.25, 0.3) is 0 Å². The van der Waals surface area contributed by atoms with Crippen LogP contribution in [-0.4, -0.2) is 23.2 Å². The van der Waals surface area contributed by atoms with Crippen LogP contribution in [0.2, 0.25) is 0 Å². The number of anilines is 2. The van der Waals surface area contributed by atoms with E-state index in [1.807, 2.05) is 6.92 Å². The first-order chi connectivity index (χ1) is 9.47. The first kappa shape index (κ1) is 13.7. The molecule has 3 N–H and O–H groups in total. The van der Waals surface area contributed by atoms with Crippen molar-refractivity contribution in [3.63, 3.8) is 0 Å². The lowest BCUT2D eigenvalue weighted by atomic mass is 10.2. The van der Waals surface area contributed by atoms with Gasteiger partial charge < -0.3 is 15.6 Å². The molecule has 0 radical (unpaired) electrons. The number of nitrogens with two attached hydrogens (primary N) is 1. The number of nitrogens with zero attached hydrogens (tertiary/aromatic N) is 2. The molecule has 20 heavy (non-hydrogen) atoms. The Morgan fingerprint density at radius 1 is 1.35 bits per heavy atom. The van der Waals surface area contributed by atoms with E-state index < -0.39 is 6.09 Å². The summed E-state index contributed by atoms with van der Waals surface area (Å²) in [6, 6.07) is 8.49. The molecule has 0 spiro atoms. The number of hydrogen-bond acceptors (Lipinski definition) is 4. The minimum Gasteiger partial charge on any atom is -0.465 e. The Kier molecular flexibility index (Phi) is 3.74. The molecule has 0 saturated heterocycles. The number of hydrogen-bond donors (Lipinski definition) is 2. The van der Waals surface area contributed by atoms with E-state index in [-0.39, 0.29) is 0 Å². The second-order valence-corrected chi connectivity index (χ2v) is 4.32. The molecule has 1 heterocycles. The molecule has 1 amide bonds. The summed E-state index contributed by atoms with van der Waals surface area (Å²) in [6.07, 6.45) is 0.496. The van der Waals surface area contributed by atoms with Gasteiger partial charge in [-0.05, 0) is 36.8 Å². The fraction of sp³-hybridized carbons (Fsp3) is 0.143. The number of amides is 1. The number of rotatable bonds is 3. The lowest BCUT2D eigenvalue weighted by Crippen LogP contribution is -2.23. The van der Waals surface area contributed by atoms with Gasteiger partial charge in [-0.25, -0.2) is 9.78 Å². The molecule has 0 unspecified atom stereocenters. The predicted octanol–water partition coefficient (Wildman–Crippen LogP) is 2.88. The zero-order valence-electron chi connectivity index (χ0n) is 11.2. The van der Waals surface area contributed by atoms with E-state index in [4.69, 9.17) is 15.6 Å². The Morgan fingerprint density at radius 3 is 2.65 bits per heavy atom. The normalized spacial score (nSPS) is 10.1. The molecule has 0 atom stereocenters. The van der Waals surface area contributed by atoms with Crippen LogP contribution in [0.4, 0.5) is 16.2 Å². The number of ether oxygens (including phenoxy) is 1. The maximum absolute atomic E-state index is 10.9. The Bertz CT molecular complexity index is 626. The topological polar surface area (TPSA) is 88.7 Å². The highest BCUT2D eigenvalue weighted by molar-refractivity contribution is 5.85. The van der Waals surface area contributed by atoms with Gasteiger partial charge in [-0.2, -0.15) is 0 Å². The van der Waals surface area contributed by atoms with Crippen molar-refractivity contribution in [3.8, 4) is 11.6 Å². The molecule has 0 fully saturated rings. The Hall–Kier alpha value is -2.76. The highest BCUT2D eigenvalue weighted by Gasteiger charge is 2.10. The summed E-state index contributed by atoms with van der Waals surface area (Å²) >= 11 is 0. The number of benzene rings is 1. The number of aryl methyl sites for hydroxylation is 1. The van der Waals surface area contributed by atoms with E-state index in [0.717, 1.165) is 10.5 Å². The third kappa shape index (κ3) is 2.97. The molecule has 104 valence electrons. The van der Waals surface area contributed by atoms with Crippen LogP contribution in [0, 0.1) is 6.92 Å². The lowest BCUT2D eigenvalue weighted by molar-refractivity contribution is 0.203. The molecule has 0 aliphatic heterocycles. The molecule has 2 rings (SSSR count). The van der Waals surface area contributed by atoms with Gasteiger partial charge in [0.15, 0.2) is 0 Å². The van der Waals surface area contributed by atoms with Gasteiger partial charge in [-0.15, -0.1) is 0 Å². The monoisotopic (exact) mass is 273 g/mol. The first-order valence-electron chi connectivity index (χ1n) is 5.94. The molecule has 1 aromatic heterocycles. The highest BCUT2D eigenvalue weighted by Crippen LogP contribution is 2.27. The molecular formula is C14H15N3O3. The second-order valence-electron chi connectivity index (χ2n) is 4.32. The fourth-order valence-corrected chi connectivity index (χ4v) is 1.63. The summed E-state index contributed by atoms with van der Waals surface area (Å²) in [5.41, 5.74) is 7.51. The smallest absolute Gasteiger partial charge is 0.411 e. The number of aromatic nitrogens is 1. The van der Waals surface area contributed by atoms with Gasteiger partial charge >= 0.3 is 6.09 Å². The summed E-state index contributed by atoms with van der Waals surface area (Å²) in [5, 5.41) is 8.93. The molecule has 1 aromatic carbocycles. The molecule has 6 heteroatoms. The molecule has 2 aromatic rings. The molecule has 0 saturated carbocycles. The molecular weight excluding hydrogens is 258 g/mol. The summed E-state index contributed by atoms with van der Waals surface area (Å²) < 4.78 is 5.63. The van der Waals surface area contributed by atoms with Crippen molar-refractivity contribution in [3.05, 3.63) is 42.1 Å². The average molecular weight is 273 g/mol. The second kappa shape index (κ2) is 5.48. The van der Waals surface area contributed by atoms with Crippen LogP contribution in [-0.2, 0) is 0 Å². The van der Waals surface area contributed by atoms with Gasteiger partial charge in [0.05, 0.1) is 11.9 Å². The van der Waals surface area contributed by atoms with Gasteiger partial charge in [0, 0.05) is 18.8 Å². The maximum atomic E-state index is 10.9. The third-order valence-corrected chi connectivity index (χ3v) is 2.81. The van der Waals surface area contributed by atoms with E-state index in [0.29, 0.717) is 23.0 Å². The minimum atomic E-state index is -1.02. The Labute approximate surface area is 116 Å². The van der Waals surface area contributed by atoms with Crippen LogP contribution in [0.25, 0.3) is 0 Å². The van der Waals surface area contributed by atoms with E-state index in [1.54, 1.807) is 30.3 Å². The minimum absolute atomic E-state index is 0.432. The summed E-state index contributed by atoms with van der Waals surface area (Å²) in [6.45, 7) is 1.84. The summed E-state index contributed by atoms with van der Waals surface area (Å²) in [5.74, 6) is 1.05. The van der Waals surface area contributed by atoms with E-state index in [1.165, 1.54) is 13.2 Å². The quantitative estimate of drug-likeness (QED) is 0.897. The summed E-state index contributed by atoms with van der Waals surface area (Å²) in [7, 11) is 1.49. The zero-order valence-corrected chi connectivity index (χ0v) is 11.2. The van der Waals surface area contributed by atoms with Crippen molar-refractivity contribution < 1.29 is 14.6 Å². The van der Waals surface area contributed by atoms with Crippen molar-refractivity contribution >= 4 is 17.5 Å². The van der Waals surface area contributed by atoms with Crippen LogP contribution in [0.15, 0.2) is 36.5 Å². The van der Waals surface area contributed by atoms with Crippen molar-refractivity contribution in [2.45, 2.75) is 6.92 Å². The number of carboxylic acid groups (broad SMARTS) is 1. The highest BCUT2D eigenvalue weighted by atomic mass is 16.5. The van der Waals surface area contributed by atoms with E-state index >= 15 is 0 Å². The van der Waals surface area contributed by atoms with Crippen LogP contribution in [0.5, 0.6) is 11.6 Å². The standard InChI is InChI=1S/C14H15N3O3/c1-9-7-11(17(2)14(18)19)4-5-12(9)20-13-6-3-10(15)8-16-13/h3-8H,15H2,1-2H3,(H,18,19). The largest absolute Gasteiger partial charge is 0.465 e.